The number of hydrogen-bond donors (Lipinski definition) is 0. The van der Waals surface area contributed by atoms with E-state index in [2.05, 4.69) is 4.98 Å². The molecule has 1 heterocycles. The van der Waals surface area contributed by atoms with E-state index in [4.69, 9.17) is 14.7 Å². The molecule has 3 rings (SSSR count). The van der Waals surface area contributed by atoms with E-state index >= 15 is 0 Å². The molecule has 0 bridgehead atoms. The summed E-state index contributed by atoms with van der Waals surface area (Å²) in [5.74, 6) is -0.0995. The number of halogens is 3. The molecule has 2 aromatic carbocycles. The zero-order valence-corrected chi connectivity index (χ0v) is 16.5. The van der Waals surface area contributed by atoms with Crippen molar-refractivity contribution in [3.63, 3.8) is 0 Å². The molecule has 0 unspecified atom stereocenters. The van der Waals surface area contributed by atoms with Crippen molar-refractivity contribution >= 4 is 17.3 Å². The van der Waals surface area contributed by atoms with Crippen molar-refractivity contribution in [2.24, 2.45) is 0 Å². The van der Waals surface area contributed by atoms with Crippen LogP contribution in [0.2, 0.25) is 0 Å². The maximum absolute atomic E-state index is 12.7. The fraction of sp³-hybridized carbons (Fsp3) is 0.190. The number of carbonyl (C=O) groups is 1. The molecule has 0 amide bonds. The summed E-state index contributed by atoms with van der Waals surface area (Å²) >= 11 is 1.22. The molecular formula is C21H15F3N2O3S. The third kappa shape index (κ3) is 5.15. The molecule has 0 saturated heterocycles. The summed E-state index contributed by atoms with van der Waals surface area (Å²) in [5, 5.41) is 11.1. The molecule has 0 aliphatic carbocycles. The van der Waals surface area contributed by atoms with Crippen LogP contribution in [0.25, 0.3) is 10.6 Å². The van der Waals surface area contributed by atoms with Crippen LogP contribution >= 0.6 is 11.3 Å². The van der Waals surface area contributed by atoms with Crippen LogP contribution in [0.4, 0.5) is 13.2 Å². The predicted octanol–water partition coefficient (Wildman–Crippen LogP) is 5.25. The lowest BCUT2D eigenvalue weighted by Gasteiger charge is -2.10. The number of benzene rings is 2. The summed E-state index contributed by atoms with van der Waals surface area (Å²) in [4.78, 5) is 16.6. The van der Waals surface area contributed by atoms with Crippen molar-refractivity contribution in [2.75, 3.05) is 6.61 Å². The van der Waals surface area contributed by atoms with E-state index in [-0.39, 0.29) is 17.9 Å². The number of carbonyl (C=O) groups excluding carboxylic acids is 1. The normalized spacial score (nSPS) is 11.0. The Morgan fingerprint density at radius 2 is 1.90 bits per heavy atom. The van der Waals surface area contributed by atoms with E-state index in [1.165, 1.54) is 41.7 Å². The van der Waals surface area contributed by atoms with E-state index in [9.17, 15) is 18.0 Å². The molecule has 9 heteroatoms. The van der Waals surface area contributed by atoms with Gasteiger partial charge in [-0.15, -0.1) is 11.3 Å². The Hall–Kier alpha value is -3.38. The number of rotatable bonds is 6. The average Bonchev–Trinajstić information content (AvgIpc) is 3.17. The van der Waals surface area contributed by atoms with Gasteiger partial charge in [0.15, 0.2) is 11.5 Å². The van der Waals surface area contributed by atoms with Crippen LogP contribution in [-0.2, 0) is 17.4 Å². The van der Waals surface area contributed by atoms with Crippen molar-refractivity contribution in [3.05, 3.63) is 64.7 Å². The van der Waals surface area contributed by atoms with Crippen LogP contribution in [0.3, 0.4) is 0 Å². The first-order valence-electron chi connectivity index (χ1n) is 8.80. The van der Waals surface area contributed by atoms with E-state index in [1.807, 2.05) is 6.07 Å². The first kappa shape index (κ1) is 21.3. The lowest BCUT2D eigenvalue weighted by atomic mass is 10.1. The van der Waals surface area contributed by atoms with Crippen LogP contribution in [-0.4, -0.2) is 17.6 Å². The summed E-state index contributed by atoms with van der Waals surface area (Å²) in [6, 6.07) is 11.1. The van der Waals surface area contributed by atoms with Gasteiger partial charge in [-0.25, -0.2) is 4.98 Å². The quantitative estimate of drug-likeness (QED) is 0.393. The minimum absolute atomic E-state index is 0.122. The predicted molar refractivity (Wildman–Crippen MR) is 104 cm³/mol. The summed E-state index contributed by atoms with van der Waals surface area (Å²) < 4.78 is 48.8. The van der Waals surface area contributed by atoms with Gasteiger partial charge in [0.25, 0.3) is 0 Å². The van der Waals surface area contributed by atoms with Crippen molar-refractivity contribution < 1.29 is 27.4 Å². The third-order valence-corrected chi connectivity index (χ3v) is 4.87. The van der Waals surface area contributed by atoms with Gasteiger partial charge in [0, 0.05) is 17.0 Å². The molecule has 0 aliphatic rings. The molecule has 0 fully saturated rings. The van der Waals surface area contributed by atoms with E-state index in [0.29, 0.717) is 28.4 Å². The van der Waals surface area contributed by atoms with Crippen molar-refractivity contribution in [3.8, 4) is 28.1 Å². The standard InChI is InChI=1S/C21H15F3N2O3S/c1-2-28-18-9-13(11-25)3-8-17(18)29-19(27)10-16-12-30-20(26-16)14-4-6-15(7-5-14)21(22,23)24/h3-9,12H,2,10H2,1H3. The number of alkyl halides is 3. The van der Waals surface area contributed by atoms with Gasteiger partial charge in [0.1, 0.15) is 5.01 Å². The first-order valence-corrected chi connectivity index (χ1v) is 9.67. The van der Waals surface area contributed by atoms with Gasteiger partial charge in [-0.05, 0) is 31.2 Å². The Labute approximate surface area is 174 Å². The van der Waals surface area contributed by atoms with Crippen LogP contribution in [0.15, 0.2) is 47.8 Å². The van der Waals surface area contributed by atoms with Gasteiger partial charge in [-0.1, -0.05) is 12.1 Å². The number of aromatic nitrogens is 1. The molecule has 154 valence electrons. The van der Waals surface area contributed by atoms with Crippen molar-refractivity contribution in [1.82, 2.24) is 4.98 Å². The van der Waals surface area contributed by atoms with Gasteiger partial charge >= 0.3 is 12.1 Å². The molecule has 0 N–H and O–H groups in total. The van der Waals surface area contributed by atoms with Crippen LogP contribution in [0, 0.1) is 11.3 Å². The number of hydrogen-bond acceptors (Lipinski definition) is 6. The Bertz CT molecular complexity index is 1090. The molecule has 0 radical (unpaired) electrons. The summed E-state index contributed by atoms with van der Waals surface area (Å²) in [5.41, 5.74) is 0.600. The third-order valence-electron chi connectivity index (χ3n) is 3.93. The van der Waals surface area contributed by atoms with Gasteiger partial charge in [0.05, 0.1) is 35.9 Å². The Balaban J connectivity index is 1.69. The number of thiazole rings is 1. The highest BCUT2D eigenvalue weighted by atomic mass is 32.1. The second-order valence-electron chi connectivity index (χ2n) is 6.08. The molecule has 0 aliphatic heterocycles. The topological polar surface area (TPSA) is 72.2 Å². The summed E-state index contributed by atoms with van der Waals surface area (Å²) in [7, 11) is 0. The highest BCUT2D eigenvalue weighted by Gasteiger charge is 2.30. The lowest BCUT2D eigenvalue weighted by molar-refractivity contribution is -0.137. The fourth-order valence-corrected chi connectivity index (χ4v) is 3.39. The molecule has 0 saturated carbocycles. The van der Waals surface area contributed by atoms with Gasteiger partial charge in [0.2, 0.25) is 0 Å². The molecule has 5 nitrogen and oxygen atoms in total. The molecule has 30 heavy (non-hydrogen) atoms. The minimum atomic E-state index is -4.40. The zero-order chi connectivity index (χ0) is 21.7. The van der Waals surface area contributed by atoms with E-state index in [0.717, 1.165) is 12.1 Å². The fourth-order valence-electron chi connectivity index (χ4n) is 2.56. The largest absolute Gasteiger partial charge is 0.490 e. The molecule has 1 aromatic heterocycles. The minimum Gasteiger partial charge on any atom is -0.490 e. The van der Waals surface area contributed by atoms with Crippen LogP contribution < -0.4 is 9.47 Å². The Morgan fingerprint density at radius 1 is 1.17 bits per heavy atom. The van der Waals surface area contributed by atoms with E-state index < -0.39 is 17.7 Å². The van der Waals surface area contributed by atoms with Crippen molar-refractivity contribution in [1.29, 1.82) is 5.26 Å². The maximum Gasteiger partial charge on any atom is 0.416 e. The molecule has 0 spiro atoms. The monoisotopic (exact) mass is 432 g/mol. The van der Waals surface area contributed by atoms with Gasteiger partial charge in [-0.3, -0.25) is 4.79 Å². The average molecular weight is 432 g/mol. The van der Waals surface area contributed by atoms with Crippen molar-refractivity contribution in [2.45, 2.75) is 19.5 Å². The first-order chi connectivity index (χ1) is 14.3. The summed E-state index contributed by atoms with van der Waals surface area (Å²) in [6.45, 7) is 2.10. The number of ether oxygens (including phenoxy) is 2. The number of nitrogens with zero attached hydrogens (tertiary/aromatic N) is 2. The van der Waals surface area contributed by atoms with E-state index in [1.54, 1.807) is 12.3 Å². The molecule has 0 atom stereocenters. The molecular weight excluding hydrogens is 417 g/mol. The zero-order valence-electron chi connectivity index (χ0n) is 15.7. The molecule has 3 aromatic rings. The highest BCUT2D eigenvalue weighted by molar-refractivity contribution is 7.13. The number of nitriles is 1. The number of esters is 1. The Morgan fingerprint density at radius 3 is 2.53 bits per heavy atom. The second kappa shape index (κ2) is 8.97. The Kier molecular flexibility index (Phi) is 6.37. The van der Waals surface area contributed by atoms with Crippen LogP contribution in [0.5, 0.6) is 11.5 Å². The summed E-state index contributed by atoms with van der Waals surface area (Å²) in [6.07, 6.45) is -4.52. The SMILES string of the molecule is CCOc1cc(C#N)ccc1OC(=O)Cc1csc(-c2ccc(C(F)(F)F)cc2)n1. The second-order valence-corrected chi connectivity index (χ2v) is 6.93. The lowest BCUT2D eigenvalue weighted by Crippen LogP contribution is -2.12. The maximum atomic E-state index is 12.7. The smallest absolute Gasteiger partial charge is 0.416 e. The van der Waals surface area contributed by atoms with Crippen LogP contribution in [0.1, 0.15) is 23.7 Å². The van der Waals surface area contributed by atoms with Gasteiger partial charge < -0.3 is 9.47 Å². The highest BCUT2D eigenvalue weighted by Crippen LogP contribution is 2.32. The van der Waals surface area contributed by atoms with Gasteiger partial charge in [-0.2, -0.15) is 18.4 Å².